The smallest absolute Gasteiger partial charge is 0.219 e. The van der Waals surface area contributed by atoms with E-state index in [0.29, 0.717) is 0 Å². The van der Waals surface area contributed by atoms with Crippen LogP contribution in [0.4, 0.5) is 0 Å². The normalized spacial score (nSPS) is 13.4. The maximum atomic E-state index is 8.49. The SMILES string of the molecule is CC(C)(C)c1cc(C(C)(C)C)[s+]c(C(C)(C)C)c1.[O-][Cl+3]([O-])([O-])[O-]. The molecule has 6 heteroatoms. The van der Waals surface area contributed by atoms with Crippen molar-refractivity contribution >= 4 is 11.3 Å². The van der Waals surface area contributed by atoms with Crippen LogP contribution in [-0.2, 0) is 16.2 Å². The maximum Gasteiger partial charge on any atom is 0.219 e. The first-order valence-electron chi connectivity index (χ1n) is 7.43. The summed E-state index contributed by atoms with van der Waals surface area (Å²) < 4.78 is 34.0. The molecule has 0 aliphatic rings. The van der Waals surface area contributed by atoms with Gasteiger partial charge in [-0.2, -0.15) is 0 Å². The summed E-state index contributed by atoms with van der Waals surface area (Å²) in [6.45, 7) is 20.7. The van der Waals surface area contributed by atoms with Crippen molar-refractivity contribution in [1.29, 1.82) is 0 Å². The molecule has 0 spiro atoms. The van der Waals surface area contributed by atoms with Gasteiger partial charge < -0.3 is 0 Å². The lowest BCUT2D eigenvalue weighted by molar-refractivity contribution is -2.00. The molecule has 0 aromatic carbocycles. The van der Waals surface area contributed by atoms with E-state index in [1.165, 1.54) is 15.3 Å². The first-order valence-corrected chi connectivity index (χ1v) is 9.48. The van der Waals surface area contributed by atoms with Crippen LogP contribution in [0.3, 0.4) is 0 Å². The molecule has 0 unspecified atom stereocenters. The zero-order chi connectivity index (χ0) is 18.9. The third kappa shape index (κ3) is 9.55. The van der Waals surface area contributed by atoms with Crippen LogP contribution in [0.1, 0.15) is 77.6 Å². The van der Waals surface area contributed by atoms with Gasteiger partial charge in [-0.1, -0.05) is 62.3 Å². The van der Waals surface area contributed by atoms with Gasteiger partial charge in [0, 0.05) is 23.0 Å². The molecule has 0 bridgehead atoms. The summed E-state index contributed by atoms with van der Waals surface area (Å²) in [7, 11) is -4.94. The topological polar surface area (TPSA) is 92.2 Å². The third-order valence-corrected chi connectivity index (χ3v) is 5.04. The molecular weight excluding hydrogens is 336 g/mol. The van der Waals surface area contributed by atoms with Crippen LogP contribution in [0.2, 0.25) is 0 Å². The van der Waals surface area contributed by atoms with Crippen LogP contribution >= 0.6 is 11.3 Å². The number of halogens is 1. The van der Waals surface area contributed by atoms with Crippen molar-refractivity contribution < 1.29 is 28.9 Å². The molecule has 23 heavy (non-hydrogen) atoms. The molecule has 4 nitrogen and oxygen atoms in total. The van der Waals surface area contributed by atoms with Crippen molar-refractivity contribution in [2.45, 2.75) is 78.6 Å². The summed E-state index contributed by atoms with van der Waals surface area (Å²) in [4.78, 5) is 2.97. The van der Waals surface area contributed by atoms with Gasteiger partial charge in [0.2, 0.25) is 21.1 Å². The monoisotopic (exact) mass is 364 g/mol. The van der Waals surface area contributed by atoms with Crippen LogP contribution in [0.25, 0.3) is 0 Å². The van der Waals surface area contributed by atoms with Gasteiger partial charge >= 0.3 is 0 Å². The van der Waals surface area contributed by atoms with Crippen molar-refractivity contribution in [3.8, 4) is 0 Å². The van der Waals surface area contributed by atoms with Gasteiger partial charge in [-0.25, -0.2) is 18.6 Å². The molecule has 1 aromatic heterocycles. The highest BCUT2D eigenvalue weighted by molar-refractivity contribution is 7.12. The lowest BCUT2D eigenvalue weighted by Gasteiger charge is -2.22. The summed E-state index contributed by atoms with van der Waals surface area (Å²) in [6, 6.07) is 4.81. The summed E-state index contributed by atoms with van der Waals surface area (Å²) in [5.41, 5.74) is 2.13. The Bertz CT molecular complexity index is 432. The van der Waals surface area contributed by atoms with Crippen molar-refractivity contribution in [3.63, 3.8) is 0 Å². The standard InChI is InChI=1S/C17H29S.ClHO4/c1-15(2,3)12-10-13(16(4,5)6)18-14(11-12)17(7,8)9;2-1(3,4)5/h10-11H,1-9H3;(H,2,3,4,5)/q+1;/p-1. The predicted octanol–water partition coefficient (Wildman–Crippen LogP) is 1.17. The molecule has 0 fully saturated rings. The van der Waals surface area contributed by atoms with E-state index in [4.69, 9.17) is 18.6 Å². The summed E-state index contributed by atoms with van der Waals surface area (Å²) in [5, 5.41) is 0. The Morgan fingerprint density at radius 1 is 0.652 bits per heavy atom. The first kappa shape index (κ1) is 22.7. The van der Waals surface area contributed by atoms with Crippen molar-refractivity contribution in [3.05, 3.63) is 27.5 Å². The van der Waals surface area contributed by atoms with Crippen LogP contribution < -0.4 is 18.6 Å². The molecule has 0 saturated carbocycles. The highest BCUT2D eigenvalue weighted by atomic mass is 35.7. The molecule has 0 radical (unpaired) electrons. The largest absolute Gasteiger partial charge is 0.222 e. The number of rotatable bonds is 0. The van der Waals surface area contributed by atoms with E-state index in [9.17, 15) is 0 Å². The van der Waals surface area contributed by atoms with Gasteiger partial charge in [0.25, 0.3) is 0 Å². The van der Waals surface area contributed by atoms with Crippen molar-refractivity contribution in [2.24, 2.45) is 0 Å². The lowest BCUT2D eigenvalue weighted by atomic mass is 9.83. The van der Waals surface area contributed by atoms with Crippen LogP contribution in [-0.4, -0.2) is 0 Å². The molecule has 0 saturated heterocycles. The molecule has 1 heterocycles. The number of hydrogen-bond acceptors (Lipinski definition) is 4. The van der Waals surface area contributed by atoms with Gasteiger partial charge in [0.1, 0.15) is 0 Å². The van der Waals surface area contributed by atoms with E-state index in [1.54, 1.807) is 0 Å². The molecule has 1 rings (SSSR count). The average Bonchev–Trinajstić information content (AvgIpc) is 2.22. The highest BCUT2D eigenvalue weighted by Crippen LogP contribution is 2.37. The van der Waals surface area contributed by atoms with E-state index >= 15 is 0 Å². The fourth-order valence-electron chi connectivity index (χ4n) is 1.67. The van der Waals surface area contributed by atoms with Crippen molar-refractivity contribution in [1.82, 2.24) is 0 Å². The Kier molecular flexibility index (Phi) is 7.20. The minimum absolute atomic E-state index is 0.216. The number of hydrogen-bond donors (Lipinski definition) is 0. The zero-order valence-electron chi connectivity index (χ0n) is 15.6. The van der Waals surface area contributed by atoms with Crippen LogP contribution in [0, 0.1) is 10.2 Å². The van der Waals surface area contributed by atoms with Gasteiger partial charge in [0.15, 0.2) is 0 Å². The summed E-state index contributed by atoms with van der Waals surface area (Å²) in [5.74, 6) is 0. The molecule has 0 N–H and O–H groups in total. The molecule has 0 atom stereocenters. The highest BCUT2D eigenvalue weighted by Gasteiger charge is 2.33. The van der Waals surface area contributed by atoms with Gasteiger partial charge in [-0.15, -0.1) is 10.2 Å². The van der Waals surface area contributed by atoms with Gasteiger partial charge in [-0.3, -0.25) is 0 Å². The lowest BCUT2D eigenvalue weighted by Crippen LogP contribution is -2.68. The van der Waals surface area contributed by atoms with Crippen molar-refractivity contribution in [2.75, 3.05) is 0 Å². The molecule has 0 aliphatic heterocycles. The van der Waals surface area contributed by atoms with Crippen LogP contribution in [0.15, 0.2) is 12.1 Å². The second kappa shape index (κ2) is 7.30. The van der Waals surface area contributed by atoms with Crippen LogP contribution in [0.5, 0.6) is 0 Å². The zero-order valence-corrected chi connectivity index (χ0v) is 17.1. The fraction of sp³-hybridized carbons (Fsp3) is 0.706. The van der Waals surface area contributed by atoms with E-state index in [0.717, 1.165) is 0 Å². The van der Waals surface area contributed by atoms with E-state index < -0.39 is 10.2 Å². The van der Waals surface area contributed by atoms with E-state index in [1.807, 2.05) is 11.3 Å². The molecule has 0 amide bonds. The maximum absolute atomic E-state index is 8.49. The minimum atomic E-state index is -4.94. The fourth-order valence-corrected chi connectivity index (χ4v) is 2.89. The summed E-state index contributed by atoms with van der Waals surface area (Å²) in [6.07, 6.45) is 0. The molecule has 0 aliphatic carbocycles. The van der Waals surface area contributed by atoms with E-state index in [-0.39, 0.29) is 16.2 Å². The summed E-state index contributed by atoms with van der Waals surface area (Å²) >= 11 is 1.97. The predicted molar refractivity (Wildman–Crippen MR) is 84.8 cm³/mol. The molecule has 134 valence electrons. The molecule has 1 aromatic rings. The Morgan fingerprint density at radius 2 is 0.913 bits per heavy atom. The molecular formula is C17H29ClO4S. The second-order valence-corrected chi connectivity index (χ2v) is 10.5. The average molecular weight is 365 g/mol. The Balaban J connectivity index is 0.000000841. The van der Waals surface area contributed by atoms with E-state index in [2.05, 4.69) is 74.4 Å². The minimum Gasteiger partial charge on any atom is -0.222 e. The quantitative estimate of drug-likeness (QED) is 0.646. The van der Waals surface area contributed by atoms with Gasteiger partial charge in [0.05, 0.1) is 0 Å². The van der Waals surface area contributed by atoms with Gasteiger partial charge in [-0.05, 0) is 11.0 Å². The Morgan fingerprint density at radius 3 is 1.09 bits per heavy atom. The third-order valence-electron chi connectivity index (χ3n) is 3.14. The second-order valence-electron chi connectivity index (χ2n) is 8.70. The Hall–Kier alpha value is -0.300. The first-order chi connectivity index (χ1) is 9.82. The Labute approximate surface area is 146 Å².